The first-order chi connectivity index (χ1) is 14.2. The second-order valence-corrected chi connectivity index (χ2v) is 6.38. The number of hydrogen-bond acceptors (Lipinski definition) is 6. The van der Waals surface area contributed by atoms with Gasteiger partial charge in [-0.15, -0.1) is 13.2 Å². The smallest absolute Gasteiger partial charge is 0.454 e. The standard InChI is InChI=1S/C20H18F3NO6/c1-12(19(26)24-14-4-6-15(7-5-14)30-20(21,22)23)29-18(25)9-3-13-2-8-16-17(10-13)28-11-27-16/h2,4-8,10,12H,3,9,11H2,1H3,(H,24,26). The summed E-state index contributed by atoms with van der Waals surface area (Å²) in [6.07, 6.45) is -5.43. The highest BCUT2D eigenvalue weighted by atomic mass is 19.4. The molecule has 160 valence electrons. The van der Waals surface area contributed by atoms with Crippen molar-refractivity contribution in [2.24, 2.45) is 0 Å². The first kappa shape index (κ1) is 21.3. The highest BCUT2D eigenvalue weighted by Gasteiger charge is 2.31. The van der Waals surface area contributed by atoms with Gasteiger partial charge in [0.15, 0.2) is 17.6 Å². The van der Waals surface area contributed by atoms with E-state index in [0.717, 1.165) is 17.7 Å². The highest BCUT2D eigenvalue weighted by Crippen LogP contribution is 2.32. The van der Waals surface area contributed by atoms with Crippen molar-refractivity contribution in [2.45, 2.75) is 32.2 Å². The number of ether oxygens (including phenoxy) is 4. The first-order valence-electron chi connectivity index (χ1n) is 8.94. The van der Waals surface area contributed by atoms with Gasteiger partial charge < -0.3 is 24.3 Å². The minimum atomic E-state index is -4.80. The second kappa shape index (κ2) is 8.93. The number of esters is 1. The van der Waals surface area contributed by atoms with E-state index in [1.54, 1.807) is 12.1 Å². The van der Waals surface area contributed by atoms with Gasteiger partial charge in [-0.05, 0) is 55.3 Å². The zero-order valence-electron chi connectivity index (χ0n) is 15.8. The fourth-order valence-electron chi connectivity index (χ4n) is 2.64. The fourth-order valence-corrected chi connectivity index (χ4v) is 2.64. The van der Waals surface area contributed by atoms with E-state index in [9.17, 15) is 22.8 Å². The Morgan fingerprint density at radius 2 is 1.80 bits per heavy atom. The zero-order chi connectivity index (χ0) is 21.7. The van der Waals surface area contributed by atoms with Crippen LogP contribution < -0.4 is 19.5 Å². The Kier molecular flexibility index (Phi) is 6.34. The molecular weight excluding hydrogens is 407 g/mol. The van der Waals surface area contributed by atoms with Gasteiger partial charge in [-0.3, -0.25) is 9.59 Å². The van der Waals surface area contributed by atoms with Crippen LogP contribution in [0.2, 0.25) is 0 Å². The van der Waals surface area contributed by atoms with Crippen LogP contribution in [-0.4, -0.2) is 31.1 Å². The maximum Gasteiger partial charge on any atom is 0.573 e. The largest absolute Gasteiger partial charge is 0.573 e. The molecule has 30 heavy (non-hydrogen) atoms. The summed E-state index contributed by atoms with van der Waals surface area (Å²) in [7, 11) is 0. The summed E-state index contributed by atoms with van der Waals surface area (Å²) in [5.41, 5.74) is 1.09. The maximum atomic E-state index is 12.2. The van der Waals surface area contributed by atoms with Crippen LogP contribution in [-0.2, 0) is 20.7 Å². The Labute approximate surface area is 169 Å². The van der Waals surface area contributed by atoms with Crippen LogP contribution in [0.4, 0.5) is 18.9 Å². The van der Waals surface area contributed by atoms with E-state index in [0.29, 0.717) is 17.9 Å². The zero-order valence-corrected chi connectivity index (χ0v) is 15.8. The number of fused-ring (bicyclic) bond motifs is 1. The Morgan fingerprint density at radius 1 is 1.10 bits per heavy atom. The lowest BCUT2D eigenvalue weighted by molar-refractivity contribution is -0.274. The Hall–Kier alpha value is -3.43. The number of halogens is 3. The van der Waals surface area contributed by atoms with Gasteiger partial charge in [0.2, 0.25) is 6.79 Å². The van der Waals surface area contributed by atoms with E-state index in [1.807, 2.05) is 6.07 Å². The topological polar surface area (TPSA) is 83.1 Å². The molecule has 2 aromatic rings. The SMILES string of the molecule is CC(OC(=O)CCc1ccc2c(c1)OCO2)C(=O)Nc1ccc(OC(F)(F)F)cc1. The molecule has 0 spiro atoms. The minimum absolute atomic E-state index is 0.0563. The predicted molar refractivity (Wildman–Crippen MR) is 98.2 cm³/mol. The van der Waals surface area contributed by atoms with E-state index in [-0.39, 0.29) is 18.9 Å². The number of benzene rings is 2. The lowest BCUT2D eigenvalue weighted by atomic mass is 10.1. The molecule has 0 aliphatic carbocycles. The monoisotopic (exact) mass is 425 g/mol. The third kappa shape index (κ3) is 6.03. The van der Waals surface area contributed by atoms with Gasteiger partial charge in [0.1, 0.15) is 5.75 Å². The molecule has 1 aliphatic rings. The van der Waals surface area contributed by atoms with Gasteiger partial charge in [-0.25, -0.2) is 0 Å². The Bertz CT molecular complexity index is 914. The molecule has 0 radical (unpaired) electrons. The third-order valence-electron chi connectivity index (χ3n) is 4.09. The van der Waals surface area contributed by atoms with Crippen LogP contribution >= 0.6 is 0 Å². The van der Waals surface area contributed by atoms with Crippen LogP contribution in [0.3, 0.4) is 0 Å². The molecule has 7 nitrogen and oxygen atoms in total. The van der Waals surface area contributed by atoms with Crippen molar-refractivity contribution in [1.82, 2.24) is 0 Å². The van der Waals surface area contributed by atoms with Crippen molar-refractivity contribution in [3.8, 4) is 17.2 Å². The third-order valence-corrected chi connectivity index (χ3v) is 4.09. The van der Waals surface area contributed by atoms with Gasteiger partial charge in [0, 0.05) is 12.1 Å². The molecule has 1 atom stereocenters. The first-order valence-corrected chi connectivity index (χ1v) is 8.94. The number of anilines is 1. The van der Waals surface area contributed by atoms with Crippen LogP contribution in [0.1, 0.15) is 18.9 Å². The lowest BCUT2D eigenvalue weighted by Gasteiger charge is -2.14. The molecule has 0 saturated heterocycles. The van der Waals surface area contributed by atoms with E-state index in [1.165, 1.54) is 19.1 Å². The molecule has 2 aromatic carbocycles. The highest BCUT2D eigenvalue weighted by molar-refractivity contribution is 5.95. The van der Waals surface area contributed by atoms with Gasteiger partial charge in [-0.1, -0.05) is 6.07 Å². The summed E-state index contributed by atoms with van der Waals surface area (Å²) in [6.45, 7) is 1.56. The van der Waals surface area contributed by atoms with Crippen LogP contribution in [0.15, 0.2) is 42.5 Å². The van der Waals surface area contributed by atoms with Crippen molar-refractivity contribution in [2.75, 3.05) is 12.1 Å². The Morgan fingerprint density at radius 3 is 2.50 bits per heavy atom. The summed E-state index contributed by atoms with van der Waals surface area (Å²) >= 11 is 0. The maximum absolute atomic E-state index is 12.2. The van der Waals surface area contributed by atoms with Crippen molar-refractivity contribution < 1.29 is 41.7 Å². The number of hydrogen-bond donors (Lipinski definition) is 1. The molecule has 1 unspecified atom stereocenters. The fraction of sp³-hybridized carbons (Fsp3) is 0.300. The number of alkyl halides is 3. The number of carbonyl (C=O) groups is 2. The second-order valence-electron chi connectivity index (χ2n) is 6.38. The van der Waals surface area contributed by atoms with E-state index >= 15 is 0 Å². The van der Waals surface area contributed by atoms with Crippen LogP contribution in [0, 0.1) is 0 Å². The average molecular weight is 425 g/mol. The van der Waals surface area contributed by atoms with Gasteiger partial charge in [0.25, 0.3) is 5.91 Å². The lowest BCUT2D eigenvalue weighted by Crippen LogP contribution is -2.30. The van der Waals surface area contributed by atoms with Crippen molar-refractivity contribution in [3.63, 3.8) is 0 Å². The van der Waals surface area contributed by atoms with Crippen LogP contribution in [0.25, 0.3) is 0 Å². The molecule has 1 heterocycles. The van der Waals surface area contributed by atoms with Crippen molar-refractivity contribution in [1.29, 1.82) is 0 Å². The van der Waals surface area contributed by atoms with E-state index < -0.39 is 30.1 Å². The predicted octanol–water partition coefficient (Wildman–Crippen LogP) is 3.82. The number of rotatable bonds is 7. The number of aryl methyl sites for hydroxylation is 1. The van der Waals surface area contributed by atoms with Crippen molar-refractivity contribution in [3.05, 3.63) is 48.0 Å². The summed E-state index contributed by atoms with van der Waals surface area (Å²) in [5.74, 6) is -0.339. The van der Waals surface area contributed by atoms with E-state index in [2.05, 4.69) is 10.1 Å². The van der Waals surface area contributed by atoms with Crippen molar-refractivity contribution >= 4 is 17.6 Å². The summed E-state index contributed by atoms with van der Waals surface area (Å²) in [6, 6.07) is 9.95. The molecule has 10 heteroatoms. The molecule has 0 fully saturated rings. The molecule has 1 N–H and O–H groups in total. The molecule has 1 aliphatic heterocycles. The molecule has 0 saturated carbocycles. The average Bonchev–Trinajstić information content (AvgIpc) is 3.14. The van der Waals surface area contributed by atoms with Gasteiger partial charge in [-0.2, -0.15) is 0 Å². The molecular formula is C20H18F3NO6. The molecule has 1 amide bonds. The molecule has 0 aromatic heterocycles. The van der Waals surface area contributed by atoms with Gasteiger partial charge >= 0.3 is 12.3 Å². The summed E-state index contributed by atoms with van der Waals surface area (Å²) < 4.78 is 55.8. The quantitative estimate of drug-likeness (QED) is 0.680. The van der Waals surface area contributed by atoms with E-state index in [4.69, 9.17) is 14.2 Å². The minimum Gasteiger partial charge on any atom is -0.454 e. The molecule has 0 bridgehead atoms. The Balaban J connectivity index is 1.45. The number of amides is 1. The number of carbonyl (C=O) groups excluding carboxylic acids is 2. The molecule has 3 rings (SSSR count). The van der Waals surface area contributed by atoms with Crippen LogP contribution in [0.5, 0.6) is 17.2 Å². The summed E-state index contributed by atoms with van der Waals surface area (Å²) in [4.78, 5) is 24.1. The number of nitrogens with one attached hydrogen (secondary N) is 1. The normalized spacial score (nSPS) is 13.5. The van der Waals surface area contributed by atoms with Gasteiger partial charge in [0.05, 0.1) is 0 Å². The summed E-state index contributed by atoms with van der Waals surface area (Å²) in [5, 5.41) is 2.46.